The summed E-state index contributed by atoms with van der Waals surface area (Å²) in [5.74, 6) is 0.451. The van der Waals surface area contributed by atoms with E-state index in [0.29, 0.717) is 51.2 Å². The number of fused-ring (bicyclic) bond motifs is 1. The predicted octanol–water partition coefficient (Wildman–Crippen LogP) is 3.73. The van der Waals surface area contributed by atoms with Crippen LogP contribution in [0.15, 0.2) is 46.8 Å². The molecule has 1 unspecified atom stereocenters. The van der Waals surface area contributed by atoms with Crippen molar-refractivity contribution < 1.29 is 23.5 Å². The van der Waals surface area contributed by atoms with Crippen LogP contribution >= 0.6 is 23.1 Å². The van der Waals surface area contributed by atoms with Gasteiger partial charge in [-0.3, -0.25) is 9.59 Å². The van der Waals surface area contributed by atoms with Gasteiger partial charge in [0.15, 0.2) is 15.8 Å². The topological polar surface area (TPSA) is 93.7 Å². The van der Waals surface area contributed by atoms with Crippen molar-refractivity contribution >= 4 is 45.7 Å². The zero-order valence-electron chi connectivity index (χ0n) is 17.3. The smallest absolute Gasteiger partial charge is 0.231 e. The summed E-state index contributed by atoms with van der Waals surface area (Å²) in [6.07, 6.45) is 0.105. The maximum Gasteiger partial charge on any atom is 0.231 e. The molecule has 2 aliphatic heterocycles. The molecule has 0 aliphatic carbocycles. The number of nitrogens with zero attached hydrogens (tertiary/aromatic N) is 3. The fourth-order valence-electron chi connectivity index (χ4n) is 3.61. The standard InChI is InChI=1S/C22H19FN4O4S2/c23-16-4-2-1-3-13(16)12-32-22-26-25-21(33-22)24-20(29)14-9-19(28)27(11-14)15-5-6-17-18(10-15)31-8-7-30-17/h1-6,10,14H,7-9,11-12H2,(H,24,25,29). The fourth-order valence-corrected chi connectivity index (χ4v) is 5.35. The second-order valence-corrected chi connectivity index (χ2v) is 9.68. The number of rotatable bonds is 6. The van der Waals surface area contributed by atoms with Crippen molar-refractivity contribution in [3.63, 3.8) is 0 Å². The van der Waals surface area contributed by atoms with E-state index >= 15 is 0 Å². The highest BCUT2D eigenvalue weighted by Crippen LogP contribution is 2.36. The SMILES string of the molecule is O=C(Nc1nnc(SCc2ccccc2F)s1)C1CC(=O)N(c2ccc3c(c2)OCCO3)C1. The van der Waals surface area contributed by atoms with E-state index in [2.05, 4.69) is 15.5 Å². The maximum atomic E-state index is 13.8. The van der Waals surface area contributed by atoms with E-state index in [1.807, 2.05) is 0 Å². The number of carbonyl (C=O) groups is 2. The van der Waals surface area contributed by atoms with Gasteiger partial charge < -0.3 is 19.7 Å². The van der Waals surface area contributed by atoms with E-state index in [9.17, 15) is 14.0 Å². The average Bonchev–Trinajstić information content (AvgIpc) is 3.44. The molecule has 2 aliphatic rings. The van der Waals surface area contributed by atoms with Crippen LogP contribution in [0.4, 0.5) is 15.2 Å². The lowest BCUT2D eigenvalue weighted by molar-refractivity contribution is -0.122. The third kappa shape index (κ3) is 4.79. The Balaban J connectivity index is 1.19. The summed E-state index contributed by atoms with van der Waals surface area (Å²) in [4.78, 5) is 26.9. The Labute approximate surface area is 197 Å². The van der Waals surface area contributed by atoms with Crippen molar-refractivity contribution in [2.45, 2.75) is 16.5 Å². The molecule has 5 rings (SSSR count). The summed E-state index contributed by atoms with van der Waals surface area (Å²) in [5.41, 5.74) is 1.24. The Kier molecular flexibility index (Phi) is 6.14. The highest BCUT2D eigenvalue weighted by atomic mass is 32.2. The zero-order chi connectivity index (χ0) is 22.8. The Hall–Kier alpha value is -3.18. The van der Waals surface area contributed by atoms with Crippen LogP contribution in [0.2, 0.25) is 0 Å². The van der Waals surface area contributed by atoms with E-state index in [4.69, 9.17) is 9.47 Å². The minimum Gasteiger partial charge on any atom is -0.486 e. The number of carbonyl (C=O) groups excluding carboxylic acids is 2. The summed E-state index contributed by atoms with van der Waals surface area (Å²) in [6.45, 7) is 1.21. The number of amides is 2. The number of halogens is 1. The molecular weight excluding hydrogens is 467 g/mol. The molecule has 0 radical (unpaired) electrons. The van der Waals surface area contributed by atoms with Gasteiger partial charge in [0.25, 0.3) is 0 Å². The molecule has 2 amide bonds. The van der Waals surface area contributed by atoms with Crippen molar-refractivity contribution in [1.82, 2.24) is 10.2 Å². The van der Waals surface area contributed by atoms with Gasteiger partial charge in [-0.05, 0) is 23.8 Å². The third-order valence-electron chi connectivity index (χ3n) is 5.28. The maximum absolute atomic E-state index is 13.8. The number of benzene rings is 2. The van der Waals surface area contributed by atoms with Crippen LogP contribution in [0.3, 0.4) is 0 Å². The minimum atomic E-state index is -0.510. The minimum absolute atomic E-state index is 0.105. The molecule has 1 atom stereocenters. The monoisotopic (exact) mass is 486 g/mol. The molecule has 0 bridgehead atoms. The van der Waals surface area contributed by atoms with Crippen LogP contribution in [0.5, 0.6) is 11.5 Å². The van der Waals surface area contributed by atoms with Crippen molar-refractivity contribution in [2.75, 3.05) is 30.0 Å². The van der Waals surface area contributed by atoms with Gasteiger partial charge in [0.1, 0.15) is 19.0 Å². The van der Waals surface area contributed by atoms with Gasteiger partial charge >= 0.3 is 0 Å². The molecule has 1 aromatic heterocycles. The normalized spacial score (nSPS) is 17.3. The lowest BCUT2D eigenvalue weighted by Gasteiger charge is -2.22. The largest absolute Gasteiger partial charge is 0.486 e. The molecule has 3 heterocycles. The summed E-state index contributed by atoms with van der Waals surface area (Å²) >= 11 is 2.56. The van der Waals surface area contributed by atoms with Gasteiger partial charge in [-0.25, -0.2) is 4.39 Å². The number of thioether (sulfide) groups is 1. The van der Waals surface area contributed by atoms with Crippen molar-refractivity contribution in [3.05, 3.63) is 53.8 Å². The number of hydrogen-bond acceptors (Lipinski definition) is 8. The van der Waals surface area contributed by atoms with Crippen LogP contribution < -0.4 is 19.7 Å². The van der Waals surface area contributed by atoms with Gasteiger partial charge in [-0.15, -0.1) is 10.2 Å². The van der Waals surface area contributed by atoms with Gasteiger partial charge in [0.2, 0.25) is 16.9 Å². The highest BCUT2D eigenvalue weighted by molar-refractivity contribution is 8.00. The van der Waals surface area contributed by atoms with E-state index in [1.54, 1.807) is 41.3 Å². The predicted molar refractivity (Wildman–Crippen MR) is 122 cm³/mol. The Morgan fingerprint density at radius 1 is 1.18 bits per heavy atom. The quantitative estimate of drug-likeness (QED) is 0.419. The summed E-state index contributed by atoms with van der Waals surface area (Å²) in [6, 6.07) is 11.9. The van der Waals surface area contributed by atoms with Gasteiger partial charge in [-0.1, -0.05) is 41.3 Å². The van der Waals surface area contributed by atoms with Crippen molar-refractivity contribution in [3.8, 4) is 11.5 Å². The Morgan fingerprint density at radius 3 is 2.85 bits per heavy atom. The van der Waals surface area contributed by atoms with Gasteiger partial charge in [0, 0.05) is 30.5 Å². The number of aromatic nitrogens is 2. The van der Waals surface area contributed by atoms with Crippen LogP contribution in [0, 0.1) is 11.7 Å². The molecule has 170 valence electrons. The molecule has 33 heavy (non-hydrogen) atoms. The summed E-state index contributed by atoms with van der Waals surface area (Å²) in [7, 11) is 0. The second kappa shape index (κ2) is 9.36. The van der Waals surface area contributed by atoms with Crippen LogP contribution in [-0.2, 0) is 15.3 Å². The first-order valence-electron chi connectivity index (χ1n) is 10.3. The molecule has 0 saturated carbocycles. The molecule has 1 fully saturated rings. The molecule has 0 spiro atoms. The fraction of sp³-hybridized carbons (Fsp3) is 0.273. The first-order valence-corrected chi connectivity index (χ1v) is 12.1. The Bertz CT molecular complexity index is 1200. The third-order valence-corrected chi connectivity index (χ3v) is 7.30. The summed E-state index contributed by atoms with van der Waals surface area (Å²) in [5, 5.41) is 11.1. The van der Waals surface area contributed by atoms with Crippen LogP contribution in [-0.4, -0.2) is 41.8 Å². The van der Waals surface area contributed by atoms with Crippen molar-refractivity contribution in [1.29, 1.82) is 0 Å². The number of anilines is 2. The van der Waals surface area contributed by atoms with Crippen LogP contribution in [0.25, 0.3) is 0 Å². The highest BCUT2D eigenvalue weighted by Gasteiger charge is 2.36. The van der Waals surface area contributed by atoms with E-state index in [0.717, 1.165) is 0 Å². The molecule has 1 saturated heterocycles. The molecule has 8 nitrogen and oxygen atoms in total. The number of hydrogen-bond donors (Lipinski definition) is 1. The van der Waals surface area contributed by atoms with E-state index in [-0.39, 0.29) is 30.6 Å². The van der Waals surface area contributed by atoms with Crippen LogP contribution in [0.1, 0.15) is 12.0 Å². The van der Waals surface area contributed by atoms with Gasteiger partial charge in [-0.2, -0.15) is 0 Å². The lowest BCUT2D eigenvalue weighted by atomic mass is 10.1. The molecule has 3 aromatic rings. The summed E-state index contributed by atoms with van der Waals surface area (Å²) < 4.78 is 25.5. The van der Waals surface area contributed by atoms with Crippen molar-refractivity contribution in [2.24, 2.45) is 5.92 Å². The Morgan fingerprint density at radius 2 is 2.00 bits per heavy atom. The average molecular weight is 487 g/mol. The number of nitrogens with one attached hydrogen (secondary N) is 1. The lowest BCUT2D eigenvalue weighted by Crippen LogP contribution is -2.28. The molecule has 1 N–H and O–H groups in total. The first kappa shape index (κ1) is 21.7. The first-order chi connectivity index (χ1) is 16.1. The molecular formula is C22H19FN4O4S2. The van der Waals surface area contributed by atoms with Gasteiger partial charge in [0.05, 0.1) is 5.92 Å². The van der Waals surface area contributed by atoms with E-state index in [1.165, 1.54) is 29.2 Å². The second-order valence-electron chi connectivity index (χ2n) is 7.48. The molecule has 2 aromatic carbocycles. The van der Waals surface area contributed by atoms with E-state index < -0.39 is 5.92 Å². The number of ether oxygens (including phenoxy) is 2. The molecule has 11 heteroatoms. The zero-order valence-corrected chi connectivity index (χ0v) is 19.0.